The molecule has 1 aromatic carbocycles. The van der Waals surface area contributed by atoms with E-state index in [2.05, 4.69) is 20.9 Å². The van der Waals surface area contributed by atoms with Crippen LogP contribution in [0.1, 0.15) is 10.5 Å². The summed E-state index contributed by atoms with van der Waals surface area (Å²) in [5.74, 6) is -0.305. The lowest BCUT2D eigenvalue weighted by molar-refractivity contribution is 0.0692. The molecule has 0 radical (unpaired) electrons. The average molecular weight is 296 g/mol. The van der Waals surface area contributed by atoms with Crippen LogP contribution in [0.5, 0.6) is 5.75 Å². The number of hydrogen-bond acceptors (Lipinski definition) is 2. The van der Waals surface area contributed by atoms with Crippen LogP contribution in [0.4, 0.5) is 0 Å². The van der Waals surface area contributed by atoms with E-state index in [1.54, 1.807) is 31.5 Å². The van der Waals surface area contributed by atoms with E-state index < -0.39 is 5.97 Å². The maximum atomic E-state index is 11.0. The van der Waals surface area contributed by atoms with Crippen molar-refractivity contribution in [2.45, 2.75) is 0 Å². The summed E-state index contributed by atoms with van der Waals surface area (Å²) in [5, 5.41) is 9.06. The fourth-order valence-electron chi connectivity index (χ4n) is 1.61. The van der Waals surface area contributed by atoms with E-state index in [9.17, 15) is 4.79 Å². The molecule has 0 aliphatic rings. The second-order valence-electron chi connectivity index (χ2n) is 3.42. The molecule has 2 aromatic rings. The van der Waals surface area contributed by atoms with Crippen LogP contribution in [-0.4, -0.2) is 23.2 Å². The molecule has 0 aliphatic heterocycles. The Balaban J connectivity index is 2.59. The topological polar surface area (TPSA) is 62.3 Å². The third kappa shape index (κ3) is 2.19. The number of rotatable bonds is 3. The molecule has 0 spiro atoms. The number of nitrogens with one attached hydrogen (secondary N) is 1. The molecule has 0 aliphatic carbocycles. The second-order valence-corrected chi connectivity index (χ2v) is 4.27. The first kappa shape index (κ1) is 11.7. The highest BCUT2D eigenvalue weighted by atomic mass is 79.9. The van der Waals surface area contributed by atoms with Gasteiger partial charge in [0, 0.05) is 21.8 Å². The Morgan fingerprint density at radius 1 is 1.35 bits per heavy atom. The lowest BCUT2D eigenvalue weighted by Crippen LogP contribution is -1.99. The van der Waals surface area contributed by atoms with Gasteiger partial charge in [-0.15, -0.1) is 0 Å². The Bertz CT molecular complexity index is 563. The van der Waals surface area contributed by atoms with Gasteiger partial charge in [-0.25, -0.2) is 4.79 Å². The molecule has 88 valence electrons. The molecule has 0 atom stereocenters. The van der Waals surface area contributed by atoms with Crippen LogP contribution in [0.25, 0.3) is 11.1 Å². The smallest absolute Gasteiger partial charge is 0.352 e. The number of ether oxygens (including phenoxy) is 1. The Labute approximate surface area is 106 Å². The predicted molar refractivity (Wildman–Crippen MR) is 67.4 cm³/mol. The number of halogens is 1. The lowest BCUT2D eigenvalue weighted by atomic mass is 10.1. The third-order valence-corrected chi connectivity index (χ3v) is 3.12. The molecule has 0 saturated heterocycles. The van der Waals surface area contributed by atoms with Gasteiger partial charge in [-0.05, 0) is 24.3 Å². The minimum absolute atomic E-state index is 0.166. The summed E-state index contributed by atoms with van der Waals surface area (Å²) in [5.41, 5.74) is 1.57. The van der Waals surface area contributed by atoms with E-state index in [1.165, 1.54) is 0 Å². The first-order chi connectivity index (χ1) is 8.13. The first-order valence-corrected chi connectivity index (χ1v) is 5.67. The number of aromatic amines is 1. The minimum atomic E-state index is -0.986. The van der Waals surface area contributed by atoms with Crippen LogP contribution in [0, 0.1) is 0 Å². The van der Waals surface area contributed by atoms with E-state index in [0.717, 1.165) is 10.0 Å². The van der Waals surface area contributed by atoms with E-state index >= 15 is 0 Å². The average Bonchev–Trinajstić information content (AvgIpc) is 2.78. The largest absolute Gasteiger partial charge is 0.497 e. The van der Waals surface area contributed by atoms with Gasteiger partial charge in [-0.1, -0.05) is 15.9 Å². The number of benzene rings is 1. The van der Waals surface area contributed by atoms with Crippen molar-refractivity contribution in [1.82, 2.24) is 4.98 Å². The standard InChI is InChI=1S/C12H10BrNO3/c1-17-7-2-3-10(13)9(6-7)8-4-5-14-11(8)12(15)16/h2-6,14H,1H3,(H,15,16). The molecule has 0 unspecified atom stereocenters. The van der Waals surface area contributed by atoms with Crippen molar-refractivity contribution in [1.29, 1.82) is 0 Å². The Hall–Kier alpha value is -1.75. The number of aromatic nitrogens is 1. The molecule has 1 aromatic heterocycles. The number of aromatic carboxylic acids is 1. The third-order valence-electron chi connectivity index (χ3n) is 2.42. The quantitative estimate of drug-likeness (QED) is 0.914. The number of carboxylic acids is 1. The summed E-state index contributed by atoms with van der Waals surface area (Å²) in [6.07, 6.45) is 1.60. The van der Waals surface area contributed by atoms with Crippen molar-refractivity contribution in [2.75, 3.05) is 7.11 Å². The van der Waals surface area contributed by atoms with Gasteiger partial charge in [0.1, 0.15) is 11.4 Å². The second kappa shape index (κ2) is 4.63. The predicted octanol–water partition coefficient (Wildman–Crippen LogP) is 3.15. The van der Waals surface area contributed by atoms with E-state index in [4.69, 9.17) is 9.84 Å². The van der Waals surface area contributed by atoms with Gasteiger partial charge in [-0.2, -0.15) is 0 Å². The zero-order valence-electron chi connectivity index (χ0n) is 9.03. The van der Waals surface area contributed by atoms with Gasteiger partial charge < -0.3 is 14.8 Å². The molecule has 1 heterocycles. The molecule has 5 heteroatoms. The van der Waals surface area contributed by atoms with Crippen LogP contribution >= 0.6 is 15.9 Å². The maximum Gasteiger partial charge on any atom is 0.352 e. The highest BCUT2D eigenvalue weighted by Crippen LogP contribution is 2.33. The van der Waals surface area contributed by atoms with Crippen LogP contribution < -0.4 is 4.74 Å². The summed E-state index contributed by atoms with van der Waals surface area (Å²) in [6.45, 7) is 0. The summed E-state index contributed by atoms with van der Waals surface area (Å²) >= 11 is 3.40. The molecule has 4 nitrogen and oxygen atoms in total. The zero-order valence-corrected chi connectivity index (χ0v) is 10.6. The molecule has 0 amide bonds. The molecule has 2 N–H and O–H groups in total. The maximum absolute atomic E-state index is 11.0. The van der Waals surface area contributed by atoms with Crippen LogP contribution in [0.2, 0.25) is 0 Å². The van der Waals surface area contributed by atoms with Crippen molar-refractivity contribution in [3.05, 3.63) is 40.6 Å². The number of hydrogen-bond donors (Lipinski definition) is 2. The van der Waals surface area contributed by atoms with E-state index in [1.807, 2.05) is 6.07 Å². The molecule has 2 rings (SSSR count). The molecule has 17 heavy (non-hydrogen) atoms. The highest BCUT2D eigenvalue weighted by molar-refractivity contribution is 9.10. The Morgan fingerprint density at radius 2 is 2.12 bits per heavy atom. The van der Waals surface area contributed by atoms with Crippen molar-refractivity contribution < 1.29 is 14.6 Å². The summed E-state index contributed by atoms with van der Waals surface area (Å²) in [7, 11) is 1.57. The van der Waals surface area contributed by atoms with E-state index in [-0.39, 0.29) is 5.69 Å². The normalized spacial score (nSPS) is 10.2. The monoisotopic (exact) mass is 295 g/mol. The summed E-state index contributed by atoms with van der Waals surface area (Å²) in [4.78, 5) is 13.8. The Morgan fingerprint density at radius 3 is 2.76 bits per heavy atom. The van der Waals surface area contributed by atoms with Crippen molar-refractivity contribution in [3.63, 3.8) is 0 Å². The molecule has 0 bridgehead atoms. The van der Waals surface area contributed by atoms with Crippen LogP contribution in [0.3, 0.4) is 0 Å². The Kier molecular flexibility index (Phi) is 3.19. The van der Waals surface area contributed by atoms with Crippen molar-refractivity contribution >= 4 is 21.9 Å². The number of H-pyrrole nitrogens is 1. The number of carbonyl (C=O) groups is 1. The van der Waals surface area contributed by atoms with Crippen molar-refractivity contribution in [2.24, 2.45) is 0 Å². The van der Waals surface area contributed by atoms with Crippen LogP contribution in [0.15, 0.2) is 34.9 Å². The van der Waals surface area contributed by atoms with Crippen molar-refractivity contribution in [3.8, 4) is 16.9 Å². The fraction of sp³-hybridized carbons (Fsp3) is 0.0833. The lowest BCUT2D eigenvalue weighted by Gasteiger charge is -2.07. The van der Waals surface area contributed by atoms with Crippen LogP contribution in [-0.2, 0) is 0 Å². The molecular formula is C12H10BrNO3. The highest BCUT2D eigenvalue weighted by Gasteiger charge is 2.15. The number of methoxy groups -OCH3 is 1. The van der Waals surface area contributed by atoms with Gasteiger partial charge in [0.15, 0.2) is 0 Å². The van der Waals surface area contributed by atoms with Gasteiger partial charge in [-0.3, -0.25) is 0 Å². The SMILES string of the molecule is COc1ccc(Br)c(-c2cc[nH]c2C(=O)O)c1. The molecule has 0 fully saturated rings. The van der Waals surface area contributed by atoms with Gasteiger partial charge in [0.25, 0.3) is 0 Å². The van der Waals surface area contributed by atoms with Gasteiger partial charge in [0.05, 0.1) is 7.11 Å². The number of carboxylic acid groups (broad SMARTS) is 1. The zero-order chi connectivity index (χ0) is 12.4. The first-order valence-electron chi connectivity index (χ1n) is 4.88. The van der Waals surface area contributed by atoms with Gasteiger partial charge >= 0.3 is 5.97 Å². The van der Waals surface area contributed by atoms with E-state index in [0.29, 0.717) is 11.3 Å². The minimum Gasteiger partial charge on any atom is -0.497 e. The molecule has 0 saturated carbocycles. The summed E-state index contributed by atoms with van der Waals surface area (Å²) < 4.78 is 5.95. The van der Waals surface area contributed by atoms with Gasteiger partial charge in [0.2, 0.25) is 0 Å². The fourth-order valence-corrected chi connectivity index (χ4v) is 2.07. The molecular weight excluding hydrogens is 286 g/mol. The summed E-state index contributed by atoms with van der Waals surface area (Å²) in [6, 6.07) is 7.15.